The van der Waals surface area contributed by atoms with Gasteiger partial charge in [-0.1, -0.05) is 6.07 Å². The fraction of sp³-hybridized carbons (Fsp3) is 0.105. The number of nitrogens with two attached hydrogens (primary N) is 1. The molecule has 0 saturated carbocycles. The largest absolute Gasteiger partial charge is 0.397 e. The molecule has 2 heterocycles. The summed E-state index contributed by atoms with van der Waals surface area (Å²) in [7, 11) is 1.66. The fourth-order valence-corrected chi connectivity index (χ4v) is 3.08. The van der Waals surface area contributed by atoms with Gasteiger partial charge in [0.15, 0.2) is 0 Å². The van der Waals surface area contributed by atoms with E-state index in [4.69, 9.17) is 5.73 Å². The van der Waals surface area contributed by atoms with Crippen LogP contribution in [0.5, 0.6) is 0 Å². The summed E-state index contributed by atoms with van der Waals surface area (Å²) in [6, 6.07) is 9.60. The molecule has 136 valence electrons. The lowest BCUT2D eigenvalue weighted by atomic mass is 10.1. The third-order valence-electron chi connectivity index (χ3n) is 4.59. The number of amides is 1. The number of fused-ring (bicyclic) bond motifs is 2. The SMILES string of the molecule is CC(=O)N(C)c1ccc2nc(-c3c(N)c4c(F)cccc4[nH]c3=O)[nH]c2c1. The first kappa shape index (κ1) is 16.8. The molecule has 0 spiro atoms. The smallest absolute Gasteiger partial charge is 0.261 e. The van der Waals surface area contributed by atoms with Crippen molar-refractivity contribution >= 4 is 39.2 Å². The van der Waals surface area contributed by atoms with Crippen LogP contribution in [-0.4, -0.2) is 27.9 Å². The number of benzene rings is 2. The predicted octanol–water partition coefficient (Wildman–Crippen LogP) is 2.78. The number of nitrogens with zero attached hydrogens (tertiary/aromatic N) is 2. The minimum atomic E-state index is -0.524. The lowest BCUT2D eigenvalue weighted by molar-refractivity contribution is -0.116. The number of carbonyl (C=O) groups excluding carboxylic acids is 1. The Bertz CT molecular complexity index is 1270. The number of rotatable bonds is 2. The summed E-state index contributed by atoms with van der Waals surface area (Å²) in [5.41, 5.74) is 7.97. The number of pyridine rings is 1. The van der Waals surface area contributed by atoms with Crippen LogP contribution in [-0.2, 0) is 4.79 Å². The number of halogens is 1. The van der Waals surface area contributed by atoms with Gasteiger partial charge in [0, 0.05) is 19.7 Å². The van der Waals surface area contributed by atoms with Crippen molar-refractivity contribution in [1.29, 1.82) is 0 Å². The van der Waals surface area contributed by atoms with Crippen LogP contribution in [0.1, 0.15) is 6.92 Å². The Kier molecular flexibility index (Phi) is 3.69. The molecule has 0 radical (unpaired) electrons. The molecule has 2 aromatic heterocycles. The molecule has 2 aromatic carbocycles. The van der Waals surface area contributed by atoms with Gasteiger partial charge in [-0.2, -0.15) is 0 Å². The second kappa shape index (κ2) is 5.94. The van der Waals surface area contributed by atoms with E-state index in [0.29, 0.717) is 22.2 Å². The summed E-state index contributed by atoms with van der Waals surface area (Å²) in [6.45, 7) is 1.46. The van der Waals surface area contributed by atoms with Crippen molar-refractivity contribution in [1.82, 2.24) is 15.0 Å². The van der Waals surface area contributed by atoms with E-state index in [1.165, 1.54) is 24.0 Å². The van der Waals surface area contributed by atoms with Crippen molar-refractivity contribution in [2.45, 2.75) is 6.92 Å². The molecule has 4 aromatic rings. The maximum absolute atomic E-state index is 14.2. The highest BCUT2D eigenvalue weighted by atomic mass is 19.1. The van der Waals surface area contributed by atoms with Crippen molar-refractivity contribution in [3.05, 3.63) is 52.6 Å². The number of imidazole rings is 1. The molecule has 0 bridgehead atoms. The molecule has 0 saturated heterocycles. The summed E-state index contributed by atoms with van der Waals surface area (Å²) in [4.78, 5) is 35.7. The third-order valence-corrected chi connectivity index (χ3v) is 4.59. The number of aromatic nitrogens is 3. The molecular weight excluding hydrogens is 349 g/mol. The monoisotopic (exact) mass is 365 g/mol. The molecule has 4 rings (SSSR count). The highest BCUT2D eigenvalue weighted by Crippen LogP contribution is 2.30. The van der Waals surface area contributed by atoms with Crippen molar-refractivity contribution in [3.63, 3.8) is 0 Å². The number of hydrogen-bond acceptors (Lipinski definition) is 4. The van der Waals surface area contributed by atoms with Gasteiger partial charge in [-0.05, 0) is 30.3 Å². The average molecular weight is 365 g/mol. The normalized spacial score (nSPS) is 11.2. The van der Waals surface area contributed by atoms with E-state index in [1.54, 1.807) is 31.3 Å². The summed E-state index contributed by atoms with van der Waals surface area (Å²) in [5.74, 6) is -0.403. The first-order chi connectivity index (χ1) is 12.9. The lowest BCUT2D eigenvalue weighted by Crippen LogP contribution is -2.22. The van der Waals surface area contributed by atoms with Gasteiger partial charge >= 0.3 is 0 Å². The Hall–Kier alpha value is -3.68. The van der Waals surface area contributed by atoms with E-state index in [2.05, 4.69) is 15.0 Å². The van der Waals surface area contributed by atoms with Crippen molar-refractivity contribution < 1.29 is 9.18 Å². The molecule has 0 aliphatic carbocycles. The molecule has 8 heteroatoms. The Morgan fingerprint density at radius 2 is 1.96 bits per heavy atom. The van der Waals surface area contributed by atoms with Crippen molar-refractivity contribution in [2.75, 3.05) is 17.7 Å². The quantitative estimate of drug-likeness (QED) is 0.507. The van der Waals surface area contributed by atoms with Crippen LogP contribution in [0.15, 0.2) is 41.2 Å². The minimum Gasteiger partial charge on any atom is -0.397 e. The highest BCUT2D eigenvalue weighted by Gasteiger charge is 2.18. The molecule has 0 unspecified atom stereocenters. The van der Waals surface area contributed by atoms with Gasteiger partial charge in [0.05, 0.1) is 27.6 Å². The molecule has 4 N–H and O–H groups in total. The maximum atomic E-state index is 14.2. The van der Waals surface area contributed by atoms with Crippen LogP contribution in [0, 0.1) is 5.82 Å². The highest BCUT2D eigenvalue weighted by molar-refractivity contribution is 5.98. The number of aromatic amines is 2. The van der Waals surface area contributed by atoms with E-state index in [-0.39, 0.29) is 28.4 Å². The summed E-state index contributed by atoms with van der Waals surface area (Å²) in [5, 5.41) is 0.143. The van der Waals surface area contributed by atoms with Crippen molar-refractivity contribution in [3.8, 4) is 11.4 Å². The lowest BCUT2D eigenvalue weighted by Gasteiger charge is -2.14. The second-order valence-electron chi connectivity index (χ2n) is 6.27. The fourth-order valence-electron chi connectivity index (χ4n) is 3.08. The van der Waals surface area contributed by atoms with Crippen LogP contribution in [0.25, 0.3) is 33.3 Å². The van der Waals surface area contributed by atoms with Crippen LogP contribution >= 0.6 is 0 Å². The predicted molar refractivity (Wildman–Crippen MR) is 103 cm³/mol. The number of carbonyl (C=O) groups is 1. The molecule has 0 aliphatic rings. The second-order valence-corrected chi connectivity index (χ2v) is 6.27. The van der Waals surface area contributed by atoms with E-state index in [9.17, 15) is 14.0 Å². The van der Waals surface area contributed by atoms with Crippen LogP contribution < -0.4 is 16.2 Å². The maximum Gasteiger partial charge on any atom is 0.261 e. The average Bonchev–Trinajstić information content (AvgIpc) is 3.03. The summed E-state index contributed by atoms with van der Waals surface area (Å²) >= 11 is 0. The Morgan fingerprint density at radius 1 is 1.19 bits per heavy atom. The number of hydrogen-bond donors (Lipinski definition) is 3. The zero-order chi connectivity index (χ0) is 19.3. The zero-order valence-electron chi connectivity index (χ0n) is 14.6. The van der Waals surface area contributed by atoms with Gasteiger partial charge in [-0.3, -0.25) is 9.59 Å². The molecule has 7 nitrogen and oxygen atoms in total. The Labute approximate surface area is 152 Å². The van der Waals surface area contributed by atoms with Crippen LogP contribution in [0.4, 0.5) is 15.8 Å². The number of nitrogens with one attached hydrogen (secondary N) is 2. The molecule has 27 heavy (non-hydrogen) atoms. The van der Waals surface area contributed by atoms with E-state index in [0.717, 1.165) is 0 Å². The van der Waals surface area contributed by atoms with Gasteiger partial charge in [-0.25, -0.2) is 9.37 Å². The summed E-state index contributed by atoms with van der Waals surface area (Å²) in [6.07, 6.45) is 0. The molecular formula is C19H16FN5O2. The molecule has 0 fully saturated rings. The Morgan fingerprint density at radius 3 is 2.70 bits per heavy atom. The van der Waals surface area contributed by atoms with Crippen molar-refractivity contribution in [2.24, 2.45) is 0 Å². The number of anilines is 2. The van der Waals surface area contributed by atoms with E-state index in [1.807, 2.05) is 0 Å². The Balaban J connectivity index is 1.94. The van der Waals surface area contributed by atoms with Crippen LogP contribution in [0.3, 0.4) is 0 Å². The number of nitrogen functional groups attached to an aromatic ring is 1. The standard InChI is InChI=1S/C19H16FN5O2/c1-9(26)25(2)10-6-7-12-14(8-10)23-18(22-12)16-17(21)15-11(20)4-3-5-13(15)24-19(16)27/h3-8H,1-2H3,(H,22,23)(H3,21,24,27). The van der Waals surface area contributed by atoms with Gasteiger partial charge in [-0.15, -0.1) is 0 Å². The first-order valence-electron chi connectivity index (χ1n) is 8.21. The van der Waals surface area contributed by atoms with Gasteiger partial charge in [0.1, 0.15) is 17.2 Å². The van der Waals surface area contributed by atoms with E-state index >= 15 is 0 Å². The van der Waals surface area contributed by atoms with E-state index < -0.39 is 11.4 Å². The molecule has 1 amide bonds. The summed E-state index contributed by atoms with van der Waals surface area (Å²) < 4.78 is 14.2. The van der Waals surface area contributed by atoms with Gasteiger partial charge in [0.2, 0.25) is 5.91 Å². The number of H-pyrrole nitrogens is 2. The van der Waals surface area contributed by atoms with Gasteiger partial charge < -0.3 is 20.6 Å². The minimum absolute atomic E-state index is 0.0204. The zero-order valence-corrected chi connectivity index (χ0v) is 14.6. The molecule has 0 atom stereocenters. The molecule has 0 aliphatic heterocycles. The topological polar surface area (TPSA) is 108 Å². The van der Waals surface area contributed by atoms with Crippen LogP contribution in [0.2, 0.25) is 0 Å². The third kappa shape index (κ3) is 2.62. The first-order valence-corrected chi connectivity index (χ1v) is 8.21. The van der Waals surface area contributed by atoms with Gasteiger partial charge in [0.25, 0.3) is 5.56 Å².